The molecule has 0 aliphatic carbocycles. The topological polar surface area (TPSA) is 93.4 Å². The van der Waals surface area contributed by atoms with Crippen molar-refractivity contribution in [3.8, 4) is 0 Å². The number of nitrogen functional groups attached to an aromatic ring is 1. The largest absolute Gasteiger partial charge is 0.384 e. The molecule has 0 saturated carbocycles. The van der Waals surface area contributed by atoms with E-state index in [2.05, 4.69) is 15.3 Å². The van der Waals surface area contributed by atoms with Gasteiger partial charge in [-0.25, -0.2) is 9.97 Å². The second-order valence-corrected chi connectivity index (χ2v) is 4.61. The SMILES string of the molecule is CCOCc1nc(N)cc(NC(C)C(=O)N(CC)CC)n1. The number of amides is 1. The Morgan fingerprint density at radius 2 is 2.05 bits per heavy atom. The minimum atomic E-state index is -0.376. The van der Waals surface area contributed by atoms with E-state index in [1.54, 1.807) is 17.9 Å². The molecule has 1 unspecified atom stereocenters. The van der Waals surface area contributed by atoms with E-state index in [0.29, 0.717) is 43.8 Å². The highest BCUT2D eigenvalue weighted by atomic mass is 16.5. The van der Waals surface area contributed by atoms with Crippen LogP contribution in [0.5, 0.6) is 0 Å². The summed E-state index contributed by atoms with van der Waals surface area (Å²) >= 11 is 0. The van der Waals surface area contributed by atoms with Crippen LogP contribution in [0.15, 0.2) is 6.07 Å². The molecule has 0 aromatic carbocycles. The molecule has 0 aliphatic rings. The van der Waals surface area contributed by atoms with Crippen molar-refractivity contribution in [2.45, 2.75) is 40.3 Å². The molecule has 21 heavy (non-hydrogen) atoms. The lowest BCUT2D eigenvalue weighted by Gasteiger charge is -2.23. The first-order chi connectivity index (χ1) is 10.0. The van der Waals surface area contributed by atoms with Crippen LogP contribution in [0.4, 0.5) is 11.6 Å². The fraction of sp³-hybridized carbons (Fsp3) is 0.643. The number of ether oxygens (including phenoxy) is 1. The summed E-state index contributed by atoms with van der Waals surface area (Å²) in [7, 11) is 0. The zero-order valence-corrected chi connectivity index (χ0v) is 13.2. The number of carbonyl (C=O) groups is 1. The highest BCUT2D eigenvalue weighted by Gasteiger charge is 2.18. The number of rotatable bonds is 8. The first-order valence-corrected chi connectivity index (χ1v) is 7.28. The van der Waals surface area contributed by atoms with Crippen molar-refractivity contribution in [1.82, 2.24) is 14.9 Å². The molecule has 118 valence electrons. The molecular weight excluding hydrogens is 270 g/mol. The van der Waals surface area contributed by atoms with Crippen molar-refractivity contribution in [2.24, 2.45) is 0 Å². The molecule has 0 radical (unpaired) electrons. The van der Waals surface area contributed by atoms with E-state index >= 15 is 0 Å². The van der Waals surface area contributed by atoms with Gasteiger partial charge in [-0.15, -0.1) is 0 Å². The number of hydrogen-bond donors (Lipinski definition) is 2. The van der Waals surface area contributed by atoms with Gasteiger partial charge in [-0.2, -0.15) is 0 Å². The van der Waals surface area contributed by atoms with Crippen LogP contribution in [0.1, 0.15) is 33.5 Å². The van der Waals surface area contributed by atoms with Crippen molar-refractivity contribution in [3.05, 3.63) is 11.9 Å². The average Bonchev–Trinajstić information content (AvgIpc) is 2.45. The highest BCUT2D eigenvalue weighted by Crippen LogP contribution is 2.11. The summed E-state index contributed by atoms with van der Waals surface area (Å²) in [6.07, 6.45) is 0. The Labute approximate surface area is 125 Å². The summed E-state index contributed by atoms with van der Waals surface area (Å²) in [5.41, 5.74) is 5.75. The van der Waals surface area contributed by atoms with Crippen molar-refractivity contribution < 1.29 is 9.53 Å². The predicted molar refractivity (Wildman–Crippen MR) is 82.8 cm³/mol. The van der Waals surface area contributed by atoms with Crippen molar-refractivity contribution in [3.63, 3.8) is 0 Å². The van der Waals surface area contributed by atoms with E-state index in [1.165, 1.54) is 0 Å². The number of nitrogens with one attached hydrogen (secondary N) is 1. The third kappa shape index (κ3) is 5.18. The smallest absolute Gasteiger partial charge is 0.244 e. The molecule has 1 rings (SSSR count). The Hall–Kier alpha value is -1.89. The minimum absolute atomic E-state index is 0.0311. The Kier molecular flexibility index (Phi) is 6.87. The van der Waals surface area contributed by atoms with Gasteiger partial charge < -0.3 is 20.7 Å². The van der Waals surface area contributed by atoms with E-state index in [-0.39, 0.29) is 11.9 Å². The van der Waals surface area contributed by atoms with Crippen LogP contribution in [0, 0.1) is 0 Å². The summed E-state index contributed by atoms with van der Waals surface area (Å²) in [5, 5.41) is 3.07. The van der Waals surface area contributed by atoms with Gasteiger partial charge in [0.05, 0.1) is 0 Å². The molecule has 0 spiro atoms. The Bertz CT molecular complexity index is 463. The van der Waals surface area contributed by atoms with E-state index in [4.69, 9.17) is 10.5 Å². The van der Waals surface area contributed by atoms with Gasteiger partial charge in [0.2, 0.25) is 5.91 Å². The van der Waals surface area contributed by atoms with Crippen LogP contribution < -0.4 is 11.1 Å². The molecule has 1 amide bonds. The molecule has 0 fully saturated rings. The lowest BCUT2D eigenvalue weighted by molar-refractivity contribution is -0.131. The zero-order valence-electron chi connectivity index (χ0n) is 13.2. The van der Waals surface area contributed by atoms with Gasteiger partial charge in [-0.05, 0) is 27.7 Å². The summed E-state index contributed by atoms with van der Waals surface area (Å²) in [4.78, 5) is 22.4. The molecule has 1 heterocycles. The van der Waals surface area contributed by atoms with E-state index in [1.807, 2.05) is 20.8 Å². The number of likely N-dealkylation sites (N-methyl/N-ethyl adjacent to an activating group) is 1. The minimum Gasteiger partial charge on any atom is -0.384 e. The van der Waals surface area contributed by atoms with E-state index in [0.717, 1.165) is 0 Å². The second kappa shape index (κ2) is 8.41. The maximum Gasteiger partial charge on any atom is 0.244 e. The van der Waals surface area contributed by atoms with Gasteiger partial charge in [-0.3, -0.25) is 4.79 Å². The Morgan fingerprint density at radius 3 is 2.62 bits per heavy atom. The van der Waals surface area contributed by atoms with Crippen molar-refractivity contribution >= 4 is 17.5 Å². The highest BCUT2D eigenvalue weighted by molar-refractivity contribution is 5.84. The number of nitrogens with two attached hydrogens (primary N) is 1. The number of hydrogen-bond acceptors (Lipinski definition) is 6. The van der Waals surface area contributed by atoms with Gasteiger partial charge >= 0.3 is 0 Å². The summed E-state index contributed by atoms with van der Waals surface area (Å²) in [6.45, 7) is 9.86. The van der Waals surface area contributed by atoms with E-state index < -0.39 is 0 Å². The quantitative estimate of drug-likeness (QED) is 0.750. The molecule has 7 nitrogen and oxygen atoms in total. The van der Waals surface area contributed by atoms with Crippen LogP contribution in [0.3, 0.4) is 0 Å². The van der Waals surface area contributed by atoms with Crippen LogP contribution in [-0.4, -0.2) is 46.5 Å². The number of carbonyl (C=O) groups excluding carboxylic acids is 1. The van der Waals surface area contributed by atoms with Gasteiger partial charge in [0.25, 0.3) is 0 Å². The molecule has 1 atom stereocenters. The van der Waals surface area contributed by atoms with Crippen molar-refractivity contribution in [2.75, 3.05) is 30.7 Å². The Balaban J connectivity index is 2.77. The number of anilines is 2. The maximum absolute atomic E-state index is 12.2. The maximum atomic E-state index is 12.2. The molecule has 0 aliphatic heterocycles. The lowest BCUT2D eigenvalue weighted by Crippen LogP contribution is -2.41. The van der Waals surface area contributed by atoms with Gasteiger partial charge in [0, 0.05) is 25.8 Å². The molecule has 0 bridgehead atoms. The van der Waals surface area contributed by atoms with Crippen LogP contribution >= 0.6 is 0 Å². The standard InChI is InChI=1S/C14H25N5O2/c1-5-19(6-2)14(20)10(4)16-12-8-11(15)17-13(18-12)9-21-7-3/h8,10H,5-7,9H2,1-4H3,(H3,15,16,17,18). The molecule has 0 saturated heterocycles. The third-order valence-corrected chi connectivity index (χ3v) is 3.04. The molecule has 1 aromatic heterocycles. The molecule has 1 aromatic rings. The van der Waals surface area contributed by atoms with E-state index in [9.17, 15) is 4.79 Å². The Morgan fingerprint density at radius 1 is 1.38 bits per heavy atom. The lowest BCUT2D eigenvalue weighted by atomic mass is 10.2. The fourth-order valence-corrected chi connectivity index (χ4v) is 1.94. The number of aromatic nitrogens is 2. The third-order valence-electron chi connectivity index (χ3n) is 3.04. The van der Waals surface area contributed by atoms with Crippen LogP contribution in [0.2, 0.25) is 0 Å². The van der Waals surface area contributed by atoms with Crippen LogP contribution in [-0.2, 0) is 16.1 Å². The second-order valence-electron chi connectivity index (χ2n) is 4.61. The van der Waals surface area contributed by atoms with Gasteiger partial charge in [0.15, 0.2) is 5.82 Å². The predicted octanol–water partition coefficient (Wildman–Crippen LogP) is 1.26. The summed E-state index contributed by atoms with van der Waals surface area (Å²) < 4.78 is 5.27. The molecule has 3 N–H and O–H groups in total. The van der Waals surface area contributed by atoms with Crippen molar-refractivity contribution in [1.29, 1.82) is 0 Å². The average molecular weight is 295 g/mol. The normalized spacial score (nSPS) is 12.0. The summed E-state index contributed by atoms with van der Waals surface area (Å²) in [6, 6.07) is 1.24. The fourth-order valence-electron chi connectivity index (χ4n) is 1.94. The monoisotopic (exact) mass is 295 g/mol. The van der Waals surface area contributed by atoms with Gasteiger partial charge in [-0.1, -0.05) is 0 Å². The van der Waals surface area contributed by atoms with Crippen LogP contribution in [0.25, 0.3) is 0 Å². The molecule has 7 heteroatoms. The number of nitrogens with zero attached hydrogens (tertiary/aromatic N) is 3. The molecular formula is C14H25N5O2. The first-order valence-electron chi connectivity index (χ1n) is 7.28. The first kappa shape index (κ1) is 17.2. The van der Waals surface area contributed by atoms with Gasteiger partial charge in [0.1, 0.15) is 24.3 Å². The zero-order chi connectivity index (χ0) is 15.8. The summed E-state index contributed by atoms with van der Waals surface area (Å²) in [5.74, 6) is 1.42.